The van der Waals surface area contributed by atoms with Crippen LogP contribution in [0.4, 0.5) is 0 Å². The lowest BCUT2D eigenvalue weighted by molar-refractivity contribution is 0.0953. The second kappa shape index (κ2) is 6.68. The first kappa shape index (κ1) is 13.2. The summed E-state index contributed by atoms with van der Waals surface area (Å²) in [7, 11) is 0. The third kappa shape index (κ3) is 4.26. The molecule has 17 heavy (non-hydrogen) atoms. The second-order valence-electron chi connectivity index (χ2n) is 3.95. The average Bonchev–Trinajstić information content (AvgIpc) is 2.34. The van der Waals surface area contributed by atoms with Crippen molar-refractivity contribution in [3.63, 3.8) is 0 Å². The smallest absolute Gasteiger partial charge is 0.251 e. The molecule has 0 aliphatic carbocycles. The van der Waals surface area contributed by atoms with Crippen LogP contribution in [-0.4, -0.2) is 18.3 Å². The van der Waals surface area contributed by atoms with Gasteiger partial charge in [-0.3, -0.25) is 10.2 Å². The van der Waals surface area contributed by atoms with E-state index < -0.39 is 0 Å². The number of rotatable bonds is 6. The lowest BCUT2D eigenvalue weighted by Gasteiger charge is -2.05. The van der Waals surface area contributed by atoms with Crippen LogP contribution in [0.5, 0.6) is 0 Å². The summed E-state index contributed by atoms with van der Waals surface area (Å²) in [6.45, 7) is 2.84. The lowest BCUT2D eigenvalue weighted by Crippen LogP contribution is -2.24. The second-order valence-corrected chi connectivity index (χ2v) is 3.95. The highest BCUT2D eigenvalue weighted by atomic mass is 16.1. The predicted molar refractivity (Wildman–Crippen MR) is 69.3 cm³/mol. The monoisotopic (exact) mass is 233 g/mol. The van der Waals surface area contributed by atoms with Crippen LogP contribution >= 0.6 is 0 Å². The summed E-state index contributed by atoms with van der Waals surface area (Å²) in [5.41, 5.74) is 6.57. The SMILES string of the molecule is CCCCCNC(=O)c1ccc(C(=N)N)cc1. The molecule has 0 saturated heterocycles. The number of nitrogen functional groups attached to an aromatic ring is 1. The van der Waals surface area contributed by atoms with Gasteiger partial charge in [-0.05, 0) is 18.6 Å². The summed E-state index contributed by atoms with van der Waals surface area (Å²) in [4.78, 5) is 11.7. The minimum atomic E-state index is -0.0730. The van der Waals surface area contributed by atoms with E-state index in [1.54, 1.807) is 24.3 Å². The molecule has 0 fully saturated rings. The van der Waals surface area contributed by atoms with Crippen LogP contribution in [0.3, 0.4) is 0 Å². The fraction of sp³-hybridized carbons (Fsp3) is 0.385. The lowest BCUT2D eigenvalue weighted by atomic mass is 10.1. The molecule has 0 heterocycles. The molecule has 1 aromatic carbocycles. The molecule has 1 aromatic rings. The van der Waals surface area contributed by atoms with Crippen LogP contribution < -0.4 is 11.1 Å². The quantitative estimate of drug-likeness (QED) is 0.398. The molecule has 0 aliphatic heterocycles. The normalized spacial score (nSPS) is 9.94. The largest absolute Gasteiger partial charge is 0.384 e. The molecular formula is C13H19N3O. The third-order valence-corrected chi connectivity index (χ3v) is 2.52. The Morgan fingerprint density at radius 2 is 1.82 bits per heavy atom. The van der Waals surface area contributed by atoms with Gasteiger partial charge in [-0.1, -0.05) is 31.9 Å². The van der Waals surface area contributed by atoms with Gasteiger partial charge in [0.2, 0.25) is 0 Å². The van der Waals surface area contributed by atoms with Crippen molar-refractivity contribution in [2.75, 3.05) is 6.54 Å². The number of hydrogen-bond acceptors (Lipinski definition) is 2. The molecule has 0 saturated carbocycles. The Morgan fingerprint density at radius 1 is 1.24 bits per heavy atom. The van der Waals surface area contributed by atoms with Crippen LogP contribution in [0.2, 0.25) is 0 Å². The predicted octanol–water partition coefficient (Wildman–Crippen LogP) is 1.89. The third-order valence-electron chi connectivity index (χ3n) is 2.52. The summed E-state index contributed by atoms with van der Waals surface area (Å²) < 4.78 is 0. The molecule has 4 heteroatoms. The van der Waals surface area contributed by atoms with Crippen LogP contribution in [0.15, 0.2) is 24.3 Å². The van der Waals surface area contributed by atoms with Gasteiger partial charge in [0.25, 0.3) is 5.91 Å². The summed E-state index contributed by atoms with van der Waals surface area (Å²) in [5, 5.41) is 10.1. The van der Waals surface area contributed by atoms with Crippen LogP contribution in [0.1, 0.15) is 42.1 Å². The van der Waals surface area contributed by atoms with Crippen molar-refractivity contribution in [3.8, 4) is 0 Å². The molecule has 0 bridgehead atoms. The van der Waals surface area contributed by atoms with Crippen molar-refractivity contribution in [2.24, 2.45) is 5.73 Å². The van der Waals surface area contributed by atoms with E-state index in [2.05, 4.69) is 12.2 Å². The molecule has 0 atom stereocenters. The van der Waals surface area contributed by atoms with Crippen molar-refractivity contribution >= 4 is 11.7 Å². The van der Waals surface area contributed by atoms with Crippen molar-refractivity contribution < 1.29 is 4.79 Å². The van der Waals surface area contributed by atoms with E-state index in [0.717, 1.165) is 19.3 Å². The summed E-state index contributed by atoms with van der Waals surface area (Å²) in [6.07, 6.45) is 3.28. The van der Waals surface area contributed by atoms with Crippen molar-refractivity contribution in [1.82, 2.24) is 5.32 Å². The first-order valence-corrected chi connectivity index (χ1v) is 5.87. The Hall–Kier alpha value is -1.84. The zero-order chi connectivity index (χ0) is 12.7. The van der Waals surface area contributed by atoms with Crippen molar-refractivity contribution in [1.29, 1.82) is 5.41 Å². The van der Waals surface area contributed by atoms with E-state index in [9.17, 15) is 4.79 Å². The van der Waals surface area contributed by atoms with Crippen LogP contribution in [0, 0.1) is 5.41 Å². The van der Waals surface area contributed by atoms with Gasteiger partial charge in [0.15, 0.2) is 0 Å². The molecule has 4 nitrogen and oxygen atoms in total. The summed E-state index contributed by atoms with van der Waals surface area (Å²) >= 11 is 0. The van der Waals surface area contributed by atoms with E-state index in [4.69, 9.17) is 11.1 Å². The summed E-state index contributed by atoms with van der Waals surface area (Å²) in [6, 6.07) is 6.74. The van der Waals surface area contributed by atoms with Crippen molar-refractivity contribution in [3.05, 3.63) is 35.4 Å². The number of carbonyl (C=O) groups excluding carboxylic acids is 1. The highest BCUT2D eigenvalue weighted by Crippen LogP contribution is 2.04. The van der Waals surface area contributed by atoms with E-state index in [1.807, 2.05) is 0 Å². The highest BCUT2D eigenvalue weighted by Gasteiger charge is 2.04. The Balaban J connectivity index is 2.49. The van der Waals surface area contributed by atoms with E-state index >= 15 is 0 Å². The maximum absolute atomic E-state index is 11.7. The van der Waals surface area contributed by atoms with Gasteiger partial charge in [0, 0.05) is 17.7 Å². The van der Waals surface area contributed by atoms with Gasteiger partial charge in [-0.2, -0.15) is 0 Å². The fourth-order valence-corrected chi connectivity index (χ4v) is 1.48. The zero-order valence-corrected chi connectivity index (χ0v) is 10.1. The molecule has 0 radical (unpaired) electrons. The first-order valence-electron chi connectivity index (χ1n) is 5.87. The van der Waals surface area contributed by atoms with E-state index in [1.165, 1.54) is 0 Å². The van der Waals surface area contributed by atoms with Crippen LogP contribution in [0.25, 0.3) is 0 Å². The van der Waals surface area contributed by atoms with Gasteiger partial charge in [-0.25, -0.2) is 0 Å². The molecule has 92 valence electrons. The highest BCUT2D eigenvalue weighted by molar-refractivity contribution is 5.98. The molecule has 0 spiro atoms. The average molecular weight is 233 g/mol. The van der Waals surface area contributed by atoms with Gasteiger partial charge in [0.1, 0.15) is 5.84 Å². The molecule has 0 aliphatic rings. The Kier molecular flexibility index (Phi) is 5.20. The van der Waals surface area contributed by atoms with Gasteiger partial charge in [-0.15, -0.1) is 0 Å². The van der Waals surface area contributed by atoms with Gasteiger partial charge < -0.3 is 11.1 Å². The zero-order valence-electron chi connectivity index (χ0n) is 10.1. The Morgan fingerprint density at radius 3 is 2.35 bits per heavy atom. The number of carbonyl (C=O) groups is 1. The Bertz CT molecular complexity index is 384. The maximum Gasteiger partial charge on any atom is 0.251 e. The Labute approximate surface area is 102 Å². The maximum atomic E-state index is 11.7. The number of hydrogen-bond donors (Lipinski definition) is 3. The number of benzene rings is 1. The van der Waals surface area contributed by atoms with E-state index in [-0.39, 0.29) is 11.7 Å². The molecule has 1 amide bonds. The van der Waals surface area contributed by atoms with Gasteiger partial charge in [0.05, 0.1) is 0 Å². The fourth-order valence-electron chi connectivity index (χ4n) is 1.48. The molecule has 0 unspecified atom stereocenters. The minimum Gasteiger partial charge on any atom is -0.384 e. The number of nitrogens with one attached hydrogen (secondary N) is 2. The van der Waals surface area contributed by atoms with E-state index in [0.29, 0.717) is 17.7 Å². The van der Waals surface area contributed by atoms with Crippen molar-refractivity contribution in [2.45, 2.75) is 26.2 Å². The number of unbranched alkanes of at least 4 members (excludes halogenated alkanes) is 2. The number of amides is 1. The molecule has 1 rings (SSSR count). The minimum absolute atomic E-state index is 0.0138. The first-order chi connectivity index (χ1) is 8.15. The van der Waals surface area contributed by atoms with Gasteiger partial charge >= 0.3 is 0 Å². The standard InChI is InChI=1S/C13H19N3O/c1-2-3-4-9-16-13(17)11-7-5-10(6-8-11)12(14)15/h5-8H,2-4,9H2,1H3,(H3,14,15)(H,16,17). The molecule has 4 N–H and O–H groups in total. The number of amidine groups is 1. The van der Waals surface area contributed by atoms with Crippen LogP contribution in [-0.2, 0) is 0 Å². The molecular weight excluding hydrogens is 214 g/mol. The topological polar surface area (TPSA) is 79.0 Å². The number of nitrogens with two attached hydrogens (primary N) is 1. The molecule has 0 aromatic heterocycles. The summed E-state index contributed by atoms with van der Waals surface area (Å²) in [5.74, 6) is -0.0592.